The van der Waals surface area contributed by atoms with E-state index in [1.165, 1.54) is 0 Å². The van der Waals surface area contributed by atoms with E-state index in [1.807, 2.05) is 24.3 Å². The van der Waals surface area contributed by atoms with Gasteiger partial charge in [0.2, 0.25) is 0 Å². The van der Waals surface area contributed by atoms with E-state index in [-0.39, 0.29) is 24.0 Å². The van der Waals surface area contributed by atoms with Crippen LogP contribution in [0.2, 0.25) is 0 Å². The molecule has 1 aliphatic rings. The minimum Gasteiger partial charge on any atom is -0.368 e. The lowest BCUT2D eigenvalue weighted by Gasteiger charge is -2.20. The molecular weight excluding hydrogens is 252 g/mol. The van der Waals surface area contributed by atoms with Gasteiger partial charge in [-0.1, -0.05) is 32.0 Å². The summed E-state index contributed by atoms with van der Waals surface area (Å²) in [7, 11) is 0. The molecule has 0 aliphatic carbocycles. The maximum Gasteiger partial charge on any atom is 0.253 e. The molecule has 0 radical (unpaired) electrons. The highest BCUT2D eigenvalue weighted by Gasteiger charge is 2.31. The third-order valence-corrected chi connectivity index (χ3v) is 3.84. The number of ether oxygens (including phenoxy) is 1. The van der Waals surface area contributed by atoms with Crippen molar-refractivity contribution in [1.29, 1.82) is 0 Å². The van der Waals surface area contributed by atoms with Crippen LogP contribution in [0.1, 0.15) is 38.8 Å². The second kappa shape index (κ2) is 6.86. The number of hydrogen-bond donors (Lipinski definition) is 2. The molecule has 0 bridgehead atoms. The Balaban J connectivity index is 2.10. The first-order chi connectivity index (χ1) is 9.63. The molecule has 1 aromatic rings. The molecule has 1 heterocycles. The van der Waals surface area contributed by atoms with Crippen molar-refractivity contribution in [3.05, 3.63) is 29.8 Å². The summed E-state index contributed by atoms with van der Waals surface area (Å²) < 4.78 is 5.52. The van der Waals surface area contributed by atoms with Crippen LogP contribution in [-0.4, -0.2) is 25.2 Å². The molecule has 4 nitrogen and oxygen atoms in total. The average Bonchev–Trinajstić information content (AvgIpc) is 2.86. The molecule has 0 spiro atoms. The first-order valence-corrected chi connectivity index (χ1v) is 7.38. The van der Waals surface area contributed by atoms with Gasteiger partial charge in [0, 0.05) is 18.3 Å². The summed E-state index contributed by atoms with van der Waals surface area (Å²) in [6.45, 7) is 7.81. The van der Waals surface area contributed by atoms with Crippen LogP contribution in [0.3, 0.4) is 0 Å². The summed E-state index contributed by atoms with van der Waals surface area (Å²) in [6.07, 6.45) is 0.630. The minimum absolute atomic E-state index is 0.0360. The van der Waals surface area contributed by atoms with Crippen molar-refractivity contribution in [3.63, 3.8) is 0 Å². The number of anilines is 1. The maximum absolute atomic E-state index is 12.3. The van der Waals surface area contributed by atoms with E-state index in [2.05, 4.69) is 31.4 Å². The van der Waals surface area contributed by atoms with Crippen molar-refractivity contribution in [1.82, 2.24) is 5.32 Å². The second-order valence-electron chi connectivity index (χ2n) is 5.41. The summed E-state index contributed by atoms with van der Waals surface area (Å²) in [4.78, 5) is 12.3. The number of carbonyl (C=O) groups is 1. The van der Waals surface area contributed by atoms with E-state index in [0.717, 1.165) is 24.2 Å². The number of benzene rings is 1. The van der Waals surface area contributed by atoms with E-state index in [4.69, 9.17) is 4.74 Å². The van der Waals surface area contributed by atoms with Gasteiger partial charge in [-0.2, -0.15) is 0 Å². The molecule has 1 aliphatic heterocycles. The molecule has 3 atom stereocenters. The SMILES string of the molecule is CCNC(C)c1ccccc1NC(=O)C1OCCC1C. The zero-order valence-electron chi connectivity index (χ0n) is 12.5. The van der Waals surface area contributed by atoms with E-state index in [9.17, 15) is 4.79 Å². The third-order valence-electron chi connectivity index (χ3n) is 3.84. The fraction of sp³-hybridized carbons (Fsp3) is 0.562. The molecule has 4 heteroatoms. The quantitative estimate of drug-likeness (QED) is 0.869. The van der Waals surface area contributed by atoms with Crippen molar-refractivity contribution in [2.24, 2.45) is 5.92 Å². The highest BCUT2D eigenvalue weighted by Crippen LogP contribution is 2.25. The second-order valence-corrected chi connectivity index (χ2v) is 5.41. The van der Waals surface area contributed by atoms with Crippen molar-refractivity contribution < 1.29 is 9.53 Å². The predicted molar refractivity (Wildman–Crippen MR) is 80.7 cm³/mol. The van der Waals surface area contributed by atoms with Gasteiger partial charge in [0.05, 0.1) is 0 Å². The first-order valence-electron chi connectivity index (χ1n) is 7.38. The summed E-state index contributed by atoms with van der Waals surface area (Å²) in [5, 5.41) is 6.39. The fourth-order valence-corrected chi connectivity index (χ4v) is 2.64. The summed E-state index contributed by atoms with van der Waals surface area (Å²) in [5.74, 6) is 0.250. The minimum atomic E-state index is -0.322. The van der Waals surface area contributed by atoms with Crippen LogP contribution < -0.4 is 10.6 Å². The van der Waals surface area contributed by atoms with Gasteiger partial charge in [0.15, 0.2) is 0 Å². The highest BCUT2D eigenvalue weighted by molar-refractivity contribution is 5.95. The lowest BCUT2D eigenvalue weighted by molar-refractivity contribution is -0.126. The molecule has 1 aromatic carbocycles. The standard InChI is InChI=1S/C16H24N2O2/c1-4-17-12(3)13-7-5-6-8-14(13)18-16(19)15-11(2)9-10-20-15/h5-8,11-12,15,17H,4,9-10H2,1-3H3,(H,18,19). The Morgan fingerprint density at radius 3 is 2.85 bits per heavy atom. The first kappa shape index (κ1) is 15.0. The summed E-state index contributed by atoms with van der Waals surface area (Å²) in [5.41, 5.74) is 1.97. The van der Waals surface area contributed by atoms with E-state index >= 15 is 0 Å². The monoisotopic (exact) mass is 276 g/mol. The molecule has 3 unspecified atom stereocenters. The fourth-order valence-electron chi connectivity index (χ4n) is 2.64. The van der Waals surface area contributed by atoms with E-state index < -0.39 is 0 Å². The van der Waals surface area contributed by atoms with Gasteiger partial charge in [0.25, 0.3) is 5.91 Å². The molecule has 1 saturated heterocycles. The van der Waals surface area contributed by atoms with Gasteiger partial charge < -0.3 is 15.4 Å². The van der Waals surface area contributed by atoms with Gasteiger partial charge in [0.1, 0.15) is 6.10 Å². The van der Waals surface area contributed by atoms with Crippen molar-refractivity contribution in [3.8, 4) is 0 Å². The maximum atomic E-state index is 12.3. The topological polar surface area (TPSA) is 50.4 Å². The summed E-state index contributed by atoms with van der Waals surface area (Å²) >= 11 is 0. The molecule has 2 rings (SSSR count). The zero-order chi connectivity index (χ0) is 14.5. The number of rotatable bonds is 5. The number of carbonyl (C=O) groups excluding carboxylic acids is 1. The van der Waals surface area contributed by atoms with E-state index in [1.54, 1.807) is 0 Å². The molecule has 1 amide bonds. The van der Waals surface area contributed by atoms with Gasteiger partial charge in [-0.15, -0.1) is 0 Å². The normalized spacial score (nSPS) is 23.6. The van der Waals surface area contributed by atoms with Gasteiger partial charge in [-0.3, -0.25) is 4.79 Å². The molecule has 110 valence electrons. The van der Waals surface area contributed by atoms with Gasteiger partial charge >= 0.3 is 0 Å². The Morgan fingerprint density at radius 2 is 2.20 bits per heavy atom. The van der Waals surface area contributed by atoms with Crippen molar-refractivity contribution in [2.45, 2.75) is 39.3 Å². The van der Waals surface area contributed by atoms with E-state index in [0.29, 0.717) is 6.61 Å². The van der Waals surface area contributed by atoms with Crippen molar-refractivity contribution in [2.75, 3.05) is 18.5 Å². The number of nitrogens with one attached hydrogen (secondary N) is 2. The molecule has 0 aromatic heterocycles. The molecule has 20 heavy (non-hydrogen) atoms. The highest BCUT2D eigenvalue weighted by atomic mass is 16.5. The third kappa shape index (κ3) is 3.38. The Labute approximate surface area is 120 Å². The largest absolute Gasteiger partial charge is 0.368 e. The predicted octanol–water partition coefficient (Wildman–Crippen LogP) is 2.72. The smallest absolute Gasteiger partial charge is 0.253 e. The molecule has 0 saturated carbocycles. The lowest BCUT2D eigenvalue weighted by atomic mass is 10.0. The average molecular weight is 276 g/mol. The summed E-state index contributed by atoms with van der Waals surface area (Å²) in [6, 6.07) is 8.13. The van der Waals surface area contributed by atoms with Crippen LogP contribution in [0.25, 0.3) is 0 Å². The van der Waals surface area contributed by atoms with Gasteiger partial charge in [-0.05, 0) is 37.4 Å². The molecular formula is C16H24N2O2. The van der Waals surface area contributed by atoms with Gasteiger partial charge in [-0.25, -0.2) is 0 Å². The Hall–Kier alpha value is -1.39. The molecule has 2 N–H and O–H groups in total. The number of hydrogen-bond acceptors (Lipinski definition) is 3. The Kier molecular flexibility index (Phi) is 5.15. The van der Waals surface area contributed by atoms with Crippen LogP contribution in [0.5, 0.6) is 0 Å². The Bertz CT molecular complexity index is 462. The Morgan fingerprint density at radius 1 is 1.45 bits per heavy atom. The van der Waals surface area contributed by atoms with Crippen LogP contribution in [0.4, 0.5) is 5.69 Å². The number of amides is 1. The van der Waals surface area contributed by atoms with Crippen LogP contribution >= 0.6 is 0 Å². The van der Waals surface area contributed by atoms with Crippen LogP contribution in [-0.2, 0) is 9.53 Å². The van der Waals surface area contributed by atoms with Crippen molar-refractivity contribution >= 4 is 11.6 Å². The van der Waals surface area contributed by atoms with Crippen LogP contribution in [0.15, 0.2) is 24.3 Å². The molecule has 1 fully saturated rings. The number of para-hydroxylation sites is 1. The van der Waals surface area contributed by atoms with Crippen LogP contribution in [0, 0.1) is 5.92 Å². The lowest BCUT2D eigenvalue weighted by Crippen LogP contribution is -2.32. The zero-order valence-corrected chi connectivity index (χ0v) is 12.5.